The summed E-state index contributed by atoms with van der Waals surface area (Å²) in [5.41, 5.74) is 1.12. The molecule has 0 aliphatic carbocycles. The zero-order valence-corrected chi connectivity index (χ0v) is 13.4. The Labute approximate surface area is 130 Å². The Morgan fingerprint density at radius 3 is 2.60 bits per heavy atom. The van der Waals surface area contributed by atoms with Crippen LogP contribution < -0.4 is 9.64 Å². The van der Waals surface area contributed by atoms with Gasteiger partial charge in [-0.3, -0.25) is 0 Å². The van der Waals surface area contributed by atoms with Gasteiger partial charge in [0, 0.05) is 24.8 Å². The fourth-order valence-electron chi connectivity index (χ4n) is 2.65. The number of anilines is 1. The highest BCUT2D eigenvalue weighted by Gasteiger charge is 2.36. The summed E-state index contributed by atoms with van der Waals surface area (Å²) < 4.78 is 5.26. The third-order valence-corrected chi connectivity index (χ3v) is 5.30. The van der Waals surface area contributed by atoms with Crippen molar-refractivity contribution in [1.82, 2.24) is 0 Å². The van der Waals surface area contributed by atoms with E-state index in [1.54, 1.807) is 7.11 Å². The summed E-state index contributed by atoms with van der Waals surface area (Å²) in [6.07, 6.45) is 1.93. The molecule has 0 amide bonds. The van der Waals surface area contributed by atoms with E-state index in [0.717, 1.165) is 31.6 Å². The Hall–Kier alpha value is -0.640. The smallest absolute Gasteiger partial charge is 0.139 e. The molecule has 1 aromatic carbocycles. The van der Waals surface area contributed by atoms with Crippen molar-refractivity contribution in [2.75, 3.05) is 31.7 Å². The molecule has 0 saturated carbocycles. The maximum absolute atomic E-state index is 9.26. The van der Waals surface area contributed by atoms with Crippen LogP contribution in [-0.2, 0) is 0 Å². The van der Waals surface area contributed by atoms with Crippen LogP contribution in [0.1, 0.15) is 19.8 Å². The number of rotatable bonds is 4. The highest BCUT2D eigenvalue weighted by Crippen LogP contribution is 2.39. The second-order valence-corrected chi connectivity index (χ2v) is 6.54. The number of nitrogens with zero attached hydrogens (tertiary/aromatic N) is 1. The fourth-order valence-corrected chi connectivity index (χ4v) is 3.07. The third kappa shape index (κ3) is 3.16. The summed E-state index contributed by atoms with van der Waals surface area (Å²) in [5, 5.41) is 9.71. The first kappa shape index (κ1) is 15.7. The lowest BCUT2D eigenvalue weighted by Crippen LogP contribution is -2.44. The number of methoxy groups -OCH3 is 1. The van der Waals surface area contributed by atoms with E-state index in [1.165, 1.54) is 0 Å². The average Bonchev–Trinajstić information content (AvgIpc) is 2.48. The number of aliphatic hydroxyl groups excluding tert-OH is 1. The van der Waals surface area contributed by atoms with E-state index in [-0.39, 0.29) is 17.4 Å². The quantitative estimate of drug-likeness (QED) is 0.862. The van der Waals surface area contributed by atoms with E-state index in [1.807, 2.05) is 18.2 Å². The molecule has 1 fully saturated rings. The van der Waals surface area contributed by atoms with E-state index in [0.29, 0.717) is 10.8 Å². The van der Waals surface area contributed by atoms with E-state index >= 15 is 0 Å². The molecule has 1 aliphatic rings. The van der Waals surface area contributed by atoms with Crippen molar-refractivity contribution in [3.05, 3.63) is 23.2 Å². The van der Waals surface area contributed by atoms with Gasteiger partial charge in [-0.05, 0) is 30.4 Å². The van der Waals surface area contributed by atoms with Crippen molar-refractivity contribution in [2.45, 2.75) is 25.1 Å². The zero-order valence-electron chi connectivity index (χ0n) is 11.9. The number of hydrogen-bond acceptors (Lipinski definition) is 3. The molecule has 1 aromatic rings. The Bertz CT molecular complexity index is 459. The first-order valence-electron chi connectivity index (χ1n) is 6.83. The van der Waals surface area contributed by atoms with E-state index in [2.05, 4.69) is 11.8 Å². The molecule has 5 heteroatoms. The minimum atomic E-state index is -0.176. The third-order valence-electron chi connectivity index (χ3n) is 4.32. The van der Waals surface area contributed by atoms with Gasteiger partial charge in [0.05, 0.1) is 24.1 Å². The largest absolute Gasteiger partial charge is 0.495 e. The van der Waals surface area contributed by atoms with Crippen LogP contribution in [0, 0.1) is 5.41 Å². The molecule has 1 N–H and O–H groups in total. The van der Waals surface area contributed by atoms with Gasteiger partial charge in [-0.15, -0.1) is 11.6 Å². The maximum Gasteiger partial charge on any atom is 0.139 e. The highest BCUT2D eigenvalue weighted by molar-refractivity contribution is 6.32. The van der Waals surface area contributed by atoms with Gasteiger partial charge in [0.15, 0.2) is 0 Å². The first-order valence-corrected chi connectivity index (χ1v) is 7.65. The summed E-state index contributed by atoms with van der Waals surface area (Å²) in [6.45, 7) is 4.03. The zero-order chi connectivity index (χ0) is 14.8. The van der Waals surface area contributed by atoms with Gasteiger partial charge in [-0.2, -0.15) is 0 Å². The number of aliphatic hydroxyl groups is 1. The second kappa shape index (κ2) is 6.42. The van der Waals surface area contributed by atoms with Crippen molar-refractivity contribution >= 4 is 28.9 Å². The van der Waals surface area contributed by atoms with Crippen LogP contribution in [0.4, 0.5) is 5.69 Å². The van der Waals surface area contributed by atoms with Crippen LogP contribution >= 0.6 is 23.2 Å². The number of alkyl halides is 1. The predicted octanol–water partition coefficient (Wildman–Crippen LogP) is 3.55. The van der Waals surface area contributed by atoms with Gasteiger partial charge in [-0.1, -0.05) is 18.5 Å². The van der Waals surface area contributed by atoms with Gasteiger partial charge >= 0.3 is 0 Å². The lowest BCUT2D eigenvalue weighted by atomic mass is 9.77. The van der Waals surface area contributed by atoms with E-state index in [4.69, 9.17) is 27.9 Å². The van der Waals surface area contributed by atoms with E-state index in [9.17, 15) is 5.11 Å². The summed E-state index contributed by atoms with van der Waals surface area (Å²) in [6, 6.07) is 5.84. The molecule has 20 heavy (non-hydrogen) atoms. The second-order valence-electron chi connectivity index (χ2n) is 5.61. The van der Waals surface area contributed by atoms with Crippen LogP contribution in [0.2, 0.25) is 5.02 Å². The van der Waals surface area contributed by atoms with Crippen molar-refractivity contribution in [1.29, 1.82) is 0 Å². The Morgan fingerprint density at radius 2 is 2.05 bits per heavy atom. The molecule has 0 aromatic heterocycles. The maximum atomic E-state index is 9.26. The molecule has 1 unspecified atom stereocenters. The number of benzene rings is 1. The van der Waals surface area contributed by atoms with Gasteiger partial charge in [0.2, 0.25) is 0 Å². The topological polar surface area (TPSA) is 32.7 Å². The minimum Gasteiger partial charge on any atom is -0.495 e. The predicted molar refractivity (Wildman–Crippen MR) is 84.3 cm³/mol. The molecular formula is C15H21Cl2NO2. The van der Waals surface area contributed by atoms with Crippen LogP contribution in [0.15, 0.2) is 18.2 Å². The Balaban J connectivity index is 2.07. The van der Waals surface area contributed by atoms with Gasteiger partial charge in [0.25, 0.3) is 0 Å². The number of halogens is 2. The first-order chi connectivity index (χ1) is 9.50. The molecule has 0 bridgehead atoms. The van der Waals surface area contributed by atoms with Crippen LogP contribution in [-0.4, -0.2) is 37.3 Å². The molecule has 1 saturated heterocycles. The van der Waals surface area contributed by atoms with Gasteiger partial charge < -0.3 is 14.7 Å². The molecule has 1 heterocycles. The van der Waals surface area contributed by atoms with Crippen LogP contribution in [0.3, 0.4) is 0 Å². The number of hydrogen-bond donors (Lipinski definition) is 1. The van der Waals surface area contributed by atoms with Crippen LogP contribution in [0.25, 0.3) is 0 Å². The molecule has 1 atom stereocenters. The van der Waals surface area contributed by atoms with Crippen molar-refractivity contribution in [2.24, 2.45) is 5.41 Å². The molecule has 0 spiro atoms. The lowest BCUT2D eigenvalue weighted by Gasteiger charge is -2.42. The molecule has 3 nitrogen and oxygen atoms in total. The van der Waals surface area contributed by atoms with Crippen molar-refractivity contribution in [3.63, 3.8) is 0 Å². The lowest BCUT2D eigenvalue weighted by molar-refractivity contribution is 0.171. The van der Waals surface area contributed by atoms with Crippen molar-refractivity contribution < 1.29 is 9.84 Å². The molecule has 1 aliphatic heterocycles. The van der Waals surface area contributed by atoms with Gasteiger partial charge in [-0.25, -0.2) is 0 Å². The standard InChI is InChI=1S/C15H21Cl2NO2/c1-15(14(17)10-19)5-7-18(8-6-15)11-3-4-12(16)13(9-11)20-2/h3-4,9,14,19H,5-8,10H2,1-2H3. The molecule has 112 valence electrons. The fraction of sp³-hybridized carbons (Fsp3) is 0.600. The minimum absolute atomic E-state index is 0.00329. The summed E-state index contributed by atoms with van der Waals surface area (Å²) in [5.74, 6) is 0.697. The molecule has 2 rings (SSSR count). The molecular weight excluding hydrogens is 297 g/mol. The highest BCUT2D eigenvalue weighted by atomic mass is 35.5. The van der Waals surface area contributed by atoms with Crippen LogP contribution in [0.5, 0.6) is 5.75 Å². The normalized spacial score (nSPS) is 19.8. The summed E-state index contributed by atoms with van der Waals surface area (Å²) >= 11 is 12.3. The number of ether oxygens (including phenoxy) is 1. The Morgan fingerprint density at radius 1 is 1.40 bits per heavy atom. The average molecular weight is 318 g/mol. The van der Waals surface area contributed by atoms with Crippen molar-refractivity contribution in [3.8, 4) is 5.75 Å². The van der Waals surface area contributed by atoms with E-state index < -0.39 is 0 Å². The Kier molecular flexibility index (Phi) is 5.05. The monoisotopic (exact) mass is 317 g/mol. The number of piperidine rings is 1. The summed E-state index contributed by atoms with van der Waals surface area (Å²) in [7, 11) is 1.62. The molecule has 0 radical (unpaired) electrons. The summed E-state index contributed by atoms with van der Waals surface area (Å²) in [4.78, 5) is 2.31. The SMILES string of the molecule is COc1cc(N2CCC(C)(C(Cl)CO)CC2)ccc1Cl. The van der Waals surface area contributed by atoms with Gasteiger partial charge in [0.1, 0.15) is 5.75 Å².